The van der Waals surface area contributed by atoms with Crippen molar-refractivity contribution in [3.63, 3.8) is 0 Å². The summed E-state index contributed by atoms with van der Waals surface area (Å²) in [6.07, 6.45) is 1.22. The molecule has 6 heteroatoms. The summed E-state index contributed by atoms with van der Waals surface area (Å²) >= 11 is 0. The van der Waals surface area contributed by atoms with Gasteiger partial charge in [0.1, 0.15) is 5.82 Å². The molecule has 3 heterocycles. The topological polar surface area (TPSA) is 56.8 Å². The molecule has 2 aromatic rings. The average Bonchev–Trinajstić information content (AvgIpc) is 2.83. The number of piperazine rings is 1. The van der Waals surface area contributed by atoms with Gasteiger partial charge < -0.3 is 10.2 Å². The van der Waals surface area contributed by atoms with Crippen molar-refractivity contribution in [3.8, 4) is 11.4 Å². The highest BCUT2D eigenvalue weighted by molar-refractivity contribution is 5.66. The molecule has 3 rings (SSSR count). The minimum atomic E-state index is -0.330. The van der Waals surface area contributed by atoms with E-state index in [0.717, 1.165) is 43.3 Å². The van der Waals surface area contributed by atoms with E-state index in [-0.39, 0.29) is 5.82 Å². The highest BCUT2D eigenvalue weighted by Gasteiger charge is 2.18. The maximum Gasteiger partial charge on any atom is 0.154 e. The molecule has 1 aliphatic rings. The molecule has 0 radical (unpaired) electrons. The molecule has 19 heavy (non-hydrogen) atoms. The molecular weight excluding hydrogens is 245 g/mol. The molecule has 0 amide bonds. The molecule has 0 saturated carbocycles. The van der Waals surface area contributed by atoms with Crippen LogP contribution in [0.5, 0.6) is 0 Å². The molecular formula is C13H16FN5. The number of H-pyrrole nitrogens is 1. The van der Waals surface area contributed by atoms with Gasteiger partial charge in [-0.05, 0) is 19.1 Å². The first-order chi connectivity index (χ1) is 9.25. The maximum atomic E-state index is 12.9. The van der Waals surface area contributed by atoms with E-state index in [0.29, 0.717) is 5.69 Å². The number of hydrogen-bond donors (Lipinski definition) is 2. The molecule has 0 aliphatic carbocycles. The summed E-state index contributed by atoms with van der Waals surface area (Å²) in [5.41, 5.74) is 2.63. The van der Waals surface area contributed by atoms with Gasteiger partial charge in [-0.2, -0.15) is 5.10 Å². The summed E-state index contributed by atoms with van der Waals surface area (Å²) in [4.78, 5) is 6.34. The number of hydrogen-bond acceptors (Lipinski definition) is 4. The van der Waals surface area contributed by atoms with Crippen LogP contribution < -0.4 is 10.2 Å². The van der Waals surface area contributed by atoms with Crippen LogP contribution in [0.3, 0.4) is 0 Å². The Kier molecular flexibility index (Phi) is 3.16. The minimum Gasteiger partial charge on any atom is -0.352 e. The van der Waals surface area contributed by atoms with Gasteiger partial charge in [0.25, 0.3) is 0 Å². The predicted octanol–water partition coefficient (Wildman–Crippen LogP) is 1.33. The van der Waals surface area contributed by atoms with Gasteiger partial charge in [0.05, 0.1) is 17.6 Å². The van der Waals surface area contributed by atoms with Crippen LogP contribution in [-0.2, 0) is 0 Å². The molecule has 1 fully saturated rings. The van der Waals surface area contributed by atoms with Crippen molar-refractivity contribution in [2.75, 3.05) is 31.1 Å². The molecule has 2 aromatic heterocycles. The lowest BCUT2D eigenvalue weighted by molar-refractivity contribution is 0.584. The third kappa shape index (κ3) is 2.31. The molecule has 100 valence electrons. The summed E-state index contributed by atoms with van der Waals surface area (Å²) < 4.78 is 12.9. The fourth-order valence-electron chi connectivity index (χ4n) is 2.35. The summed E-state index contributed by atoms with van der Waals surface area (Å²) in [6, 6.07) is 3.07. The van der Waals surface area contributed by atoms with Crippen LogP contribution in [0.15, 0.2) is 18.3 Å². The zero-order chi connectivity index (χ0) is 13.2. The lowest BCUT2D eigenvalue weighted by Gasteiger charge is -2.27. The molecule has 0 aromatic carbocycles. The largest absolute Gasteiger partial charge is 0.352 e. The number of nitrogens with zero attached hydrogens (tertiary/aromatic N) is 3. The van der Waals surface area contributed by atoms with E-state index >= 15 is 0 Å². The summed E-state index contributed by atoms with van der Waals surface area (Å²) in [7, 11) is 0. The second kappa shape index (κ2) is 4.97. The maximum absolute atomic E-state index is 12.9. The monoisotopic (exact) mass is 261 g/mol. The Labute approximate surface area is 110 Å². The quantitative estimate of drug-likeness (QED) is 0.856. The zero-order valence-corrected chi connectivity index (χ0v) is 10.8. The summed E-state index contributed by atoms with van der Waals surface area (Å²) in [5.74, 6) is 0.630. The van der Waals surface area contributed by atoms with Gasteiger partial charge in [-0.15, -0.1) is 0 Å². The number of rotatable bonds is 2. The van der Waals surface area contributed by atoms with Crippen LogP contribution in [0, 0.1) is 12.7 Å². The predicted molar refractivity (Wildman–Crippen MR) is 71.6 cm³/mol. The minimum absolute atomic E-state index is 0.330. The fraction of sp³-hybridized carbons (Fsp3) is 0.385. The van der Waals surface area contributed by atoms with E-state index in [1.165, 1.54) is 12.3 Å². The first-order valence-electron chi connectivity index (χ1n) is 6.38. The van der Waals surface area contributed by atoms with Crippen LogP contribution in [-0.4, -0.2) is 41.4 Å². The molecule has 2 N–H and O–H groups in total. The number of aromatic amines is 1. The van der Waals surface area contributed by atoms with Gasteiger partial charge in [-0.1, -0.05) is 0 Å². The number of halogens is 1. The van der Waals surface area contributed by atoms with Gasteiger partial charge in [-0.3, -0.25) is 10.1 Å². The van der Waals surface area contributed by atoms with Crippen molar-refractivity contribution in [1.82, 2.24) is 20.5 Å². The third-order valence-electron chi connectivity index (χ3n) is 3.38. The van der Waals surface area contributed by atoms with E-state index in [1.54, 1.807) is 6.07 Å². The number of anilines is 1. The van der Waals surface area contributed by atoms with E-state index < -0.39 is 0 Å². The lowest BCUT2D eigenvalue weighted by atomic mass is 10.1. The Morgan fingerprint density at radius 3 is 2.74 bits per heavy atom. The fourth-order valence-corrected chi connectivity index (χ4v) is 2.35. The SMILES string of the molecule is Cc1c(N2CCNCC2)n[nH]c1-c1ccc(F)cn1. The van der Waals surface area contributed by atoms with Crippen LogP contribution in [0.1, 0.15) is 5.56 Å². The molecule has 5 nitrogen and oxygen atoms in total. The Morgan fingerprint density at radius 1 is 1.26 bits per heavy atom. The van der Waals surface area contributed by atoms with Gasteiger partial charge in [0.15, 0.2) is 5.82 Å². The Bertz CT molecular complexity index is 557. The Morgan fingerprint density at radius 2 is 2.05 bits per heavy atom. The average molecular weight is 261 g/mol. The molecule has 0 atom stereocenters. The number of pyridine rings is 1. The molecule has 0 bridgehead atoms. The number of aromatic nitrogens is 3. The third-order valence-corrected chi connectivity index (χ3v) is 3.38. The van der Waals surface area contributed by atoms with Gasteiger partial charge in [-0.25, -0.2) is 4.39 Å². The van der Waals surface area contributed by atoms with Gasteiger partial charge in [0, 0.05) is 31.7 Å². The first kappa shape index (κ1) is 12.1. The van der Waals surface area contributed by atoms with E-state index in [9.17, 15) is 4.39 Å². The van der Waals surface area contributed by atoms with Gasteiger partial charge in [0.2, 0.25) is 0 Å². The normalized spacial score (nSPS) is 15.8. The van der Waals surface area contributed by atoms with Crippen LogP contribution >= 0.6 is 0 Å². The molecule has 0 spiro atoms. The van der Waals surface area contributed by atoms with Crippen molar-refractivity contribution >= 4 is 5.82 Å². The second-order valence-corrected chi connectivity index (χ2v) is 4.65. The Hall–Kier alpha value is -1.95. The highest BCUT2D eigenvalue weighted by Crippen LogP contribution is 2.26. The van der Waals surface area contributed by atoms with Crippen molar-refractivity contribution in [1.29, 1.82) is 0 Å². The smallest absolute Gasteiger partial charge is 0.154 e. The Balaban J connectivity index is 1.91. The number of nitrogens with one attached hydrogen (secondary N) is 2. The van der Waals surface area contributed by atoms with E-state index in [1.807, 2.05) is 6.92 Å². The van der Waals surface area contributed by atoms with Crippen LogP contribution in [0.25, 0.3) is 11.4 Å². The second-order valence-electron chi connectivity index (χ2n) is 4.65. The molecule has 1 saturated heterocycles. The lowest BCUT2D eigenvalue weighted by Crippen LogP contribution is -2.43. The summed E-state index contributed by atoms with van der Waals surface area (Å²) in [6.45, 7) is 5.85. The summed E-state index contributed by atoms with van der Waals surface area (Å²) in [5, 5.41) is 10.7. The van der Waals surface area contributed by atoms with Crippen molar-refractivity contribution in [2.45, 2.75) is 6.92 Å². The standard InChI is InChI=1S/C13H16FN5/c1-9-12(11-3-2-10(14)8-16-11)17-18-13(9)19-6-4-15-5-7-19/h2-3,8,15H,4-7H2,1H3,(H,17,18). The van der Waals surface area contributed by atoms with E-state index in [4.69, 9.17) is 0 Å². The van der Waals surface area contributed by atoms with Crippen molar-refractivity contribution < 1.29 is 4.39 Å². The van der Waals surface area contributed by atoms with Gasteiger partial charge >= 0.3 is 0 Å². The molecule has 0 unspecified atom stereocenters. The zero-order valence-electron chi connectivity index (χ0n) is 10.8. The van der Waals surface area contributed by atoms with Crippen LogP contribution in [0.2, 0.25) is 0 Å². The molecule has 1 aliphatic heterocycles. The van der Waals surface area contributed by atoms with Crippen LogP contribution in [0.4, 0.5) is 10.2 Å². The van der Waals surface area contributed by atoms with Crippen molar-refractivity contribution in [2.24, 2.45) is 0 Å². The first-order valence-corrected chi connectivity index (χ1v) is 6.38. The highest BCUT2D eigenvalue weighted by atomic mass is 19.1. The van der Waals surface area contributed by atoms with E-state index in [2.05, 4.69) is 25.4 Å². The van der Waals surface area contributed by atoms with Crippen molar-refractivity contribution in [3.05, 3.63) is 29.7 Å².